The molecule has 0 bridgehead atoms. The summed E-state index contributed by atoms with van der Waals surface area (Å²) >= 11 is 6.90. The van der Waals surface area contributed by atoms with Crippen LogP contribution in [0.1, 0.15) is 18.1 Å². The summed E-state index contributed by atoms with van der Waals surface area (Å²) in [5.74, 6) is 0. The Morgan fingerprint density at radius 2 is 1.23 bits per heavy atom. The van der Waals surface area contributed by atoms with Crippen LogP contribution in [-0.2, 0) is 20.0 Å². The molecule has 0 aliphatic carbocycles. The highest BCUT2D eigenvalue weighted by atomic mass is 79.9. The Labute approximate surface area is 223 Å². The first-order valence-corrected chi connectivity index (χ1v) is 15.2. The normalized spacial score (nSPS) is 16.2. The lowest BCUT2D eigenvalue weighted by atomic mass is 10.1. The maximum atomic E-state index is 13.9. The third-order valence-electron chi connectivity index (χ3n) is 5.90. The number of hydrogen-bond donors (Lipinski definition) is 0. The SMILES string of the molecule is C=C(C)C1CN(S(=O)(=O)c2ccc(C)cc2)c2cc(Br)c(Br)cc2N1S(=O)(=O)c1ccc(C)cc1. The van der Waals surface area contributed by atoms with Gasteiger partial charge in [0.1, 0.15) is 0 Å². The lowest BCUT2D eigenvalue weighted by Crippen LogP contribution is -2.53. The van der Waals surface area contributed by atoms with Crippen molar-refractivity contribution in [3.8, 4) is 0 Å². The van der Waals surface area contributed by atoms with Gasteiger partial charge in [0.2, 0.25) is 0 Å². The molecule has 35 heavy (non-hydrogen) atoms. The summed E-state index contributed by atoms with van der Waals surface area (Å²) in [6.07, 6.45) is 0. The van der Waals surface area contributed by atoms with E-state index < -0.39 is 26.1 Å². The number of nitrogens with zero attached hydrogens (tertiary/aromatic N) is 2. The topological polar surface area (TPSA) is 74.8 Å². The van der Waals surface area contributed by atoms with Gasteiger partial charge in [0, 0.05) is 8.95 Å². The number of rotatable bonds is 5. The van der Waals surface area contributed by atoms with E-state index in [2.05, 4.69) is 38.4 Å². The molecule has 0 fully saturated rings. The minimum Gasteiger partial charge on any atom is -0.262 e. The first kappa shape index (κ1) is 25.9. The van der Waals surface area contributed by atoms with E-state index >= 15 is 0 Å². The minimum absolute atomic E-state index is 0.113. The summed E-state index contributed by atoms with van der Waals surface area (Å²) in [5, 5.41) is 0. The second-order valence-electron chi connectivity index (χ2n) is 8.58. The van der Waals surface area contributed by atoms with Gasteiger partial charge in [-0.25, -0.2) is 16.8 Å². The maximum Gasteiger partial charge on any atom is 0.265 e. The largest absolute Gasteiger partial charge is 0.265 e. The van der Waals surface area contributed by atoms with Crippen LogP contribution < -0.4 is 8.61 Å². The van der Waals surface area contributed by atoms with Crippen LogP contribution in [0.25, 0.3) is 0 Å². The predicted octanol–water partition coefficient (Wildman–Crippen LogP) is 6.18. The second-order valence-corrected chi connectivity index (χ2v) is 14.0. The summed E-state index contributed by atoms with van der Waals surface area (Å²) in [4.78, 5) is 0.248. The third kappa shape index (κ3) is 4.69. The molecule has 1 unspecified atom stereocenters. The highest BCUT2D eigenvalue weighted by Gasteiger charge is 2.43. The summed E-state index contributed by atoms with van der Waals surface area (Å²) in [7, 11) is -8.03. The minimum atomic E-state index is -4.04. The molecule has 0 aromatic heterocycles. The van der Waals surface area contributed by atoms with E-state index in [1.807, 2.05) is 13.8 Å². The molecule has 1 aliphatic heterocycles. The monoisotopic (exact) mass is 638 g/mol. The average Bonchev–Trinajstić information content (AvgIpc) is 2.79. The van der Waals surface area contributed by atoms with E-state index in [1.165, 1.54) is 8.61 Å². The van der Waals surface area contributed by atoms with Crippen LogP contribution in [0.15, 0.2) is 91.6 Å². The van der Waals surface area contributed by atoms with Crippen LogP contribution >= 0.6 is 31.9 Å². The molecule has 1 atom stereocenters. The predicted molar refractivity (Wildman–Crippen MR) is 147 cm³/mol. The summed E-state index contributed by atoms with van der Waals surface area (Å²) in [6, 6.07) is 15.6. The molecule has 1 aliphatic rings. The van der Waals surface area contributed by atoms with Crippen molar-refractivity contribution in [2.24, 2.45) is 0 Å². The standard InChI is InChI=1S/C25H24Br2N2O4S2/c1-16(2)25-15-28(34(30,31)19-9-5-17(3)6-10-19)23-13-21(26)22(27)14-24(23)29(25)35(32,33)20-11-7-18(4)8-12-20/h5-14,25H,1,15H2,2-4H3. The average molecular weight is 640 g/mol. The molecule has 184 valence electrons. The Hall–Kier alpha value is -2.14. The Bertz CT molecular complexity index is 1520. The number of sulfonamides is 2. The van der Waals surface area contributed by atoms with Crippen LogP contribution in [-0.4, -0.2) is 29.4 Å². The first-order chi connectivity index (χ1) is 16.3. The zero-order valence-electron chi connectivity index (χ0n) is 19.4. The molecule has 6 nitrogen and oxygen atoms in total. The quantitative estimate of drug-likeness (QED) is 0.313. The summed E-state index contributed by atoms with van der Waals surface area (Å²) in [6.45, 7) is 9.37. The van der Waals surface area contributed by atoms with Crippen molar-refractivity contribution in [3.63, 3.8) is 0 Å². The van der Waals surface area contributed by atoms with Gasteiger partial charge in [-0.3, -0.25) is 8.61 Å². The number of benzene rings is 3. The fourth-order valence-electron chi connectivity index (χ4n) is 3.94. The van der Waals surface area contributed by atoms with Crippen molar-refractivity contribution in [1.82, 2.24) is 0 Å². The van der Waals surface area contributed by atoms with Crippen molar-refractivity contribution in [3.05, 3.63) is 92.9 Å². The van der Waals surface area contributed by atoms with Gasteiger partial charge in [-0.2, -0.15) is 0 Å². The van der Waals surface area contributed by atoms with E-state index in [-0.39, 0.29) is 27.7 Å². The highest BCUT2D eigenvalue weighted by Crippen LogP contribution is 2.46. The van der Waals surface area contributed by atoms with Crippen LogP contribution in [0, 0.1) is 13.8 Å². The van der Waals surface area contributed by atoms with Crippen molar-refractivity contribution >= 4 is 63.3 Å². The molecular weight excluding hydrogens is 616 g/mol. The Morgan fingerprint density at radius 3 is 1.69 bits per heavy atom. The lowest BCUT2D eigenvalue weighted by molar-refractivity contribution is 0.570. The van der Waals surface area contributed by atoms with Gasteiger partial charge in [-0.1, -0.05) is 47.5 Å². The molecule has 3 aromatic carbocycles. The number of halogens is 2. The summed E-state index contributed by atoms with van der Waals surface area (Å²) < 4.78 is 59.2. The van der Waals surface area contributed by atoms with Crippen LogP contribution in [0.3, 0.4) is 0 Å². The van der Waals surface area contributed by atoms with Gasteiger partial charge >= 0.3 is 0 Å². The van der Waals surface area contributed by atoms with E-state index in [0.717, 1.165) is 11.1 Å². The fourth-order valence-corrected chi connectivity index (χ4v) is 7.78. The summed E-state index contributed by atoms with van der Waals surface area (Å²) in [5.41, 5.74) is 2.89. The van der Waals surface area contributed by atoms with Gasteiger partial charge in [-0.15, -0.1) is 0 Å². The molecule has 0 saturated carbocycles. The van der Waals surface area contributed by atoms with Gasteiger partial charge in [0.05, 0.1) is 33.8 Å². The first-order valence-electron chi connectivity index (χ1n) is 10.7. The number of fused-ring (bicyclic) bond motifs is 1. The number of hydrogen-bond acceptors (Lipinski definition) is 4. The number of aryl methyl sites for hydroxylation is 2. The molecule has 0 spiro atoms. The van der Waals surface area contributed by atoms with E-state index in [1.54, 1.807) is 67.6 Å². The third-order valence-corrected chi connectivity index (χ3v) is 11.4. The molecule has 1 heterocycles. The fraction of sp³-hybridized carbons (Fsp3) is 0.200. The zero-order valence-corrected chi connectivity index (χ0v) is 24.2. The second kappa shape index (κ2) is 9.38. The number of anilines is 2. The molecule has 0 saturated heterocycles. The highest BCUT2D eigenvalue weighted by molar-refractivity contribution is 9.13. The van der Waals surface area contributed by atoms with Crippen molar-refractivity contribution in [2.75, 3.05) is 15.2 Å². The van der Waals surface area contributed by atoms with Crippen LogP contribution in [0.4, 0.5) is 11.4 Å². The van der Waals surface area contributed by atoms with E-state index in [4.69, 9.17) is 0 Å². The van der Waals surface area contributed by atoms with Crippen molar-refractivity contribution < 1.29 is 16.8 Å². The zero-order chi connectivity index (χ0) is 25.7. The molecule has 0 radical (unpaired) electrons. The maximum absolute atomic E-state index is 13.9. The molecule has 0 N–H and O–H groups in total. The van der Waals surface area contributed by atoms with Crippen molar-refractivity contribution in [2.45, 2.75) is 36.6 Å². The van der Waals surface area contributed by atoms with E-state index in [0.29, 0.717) is 14.5 Å². The Morgan fingerprint density at radius 1 is 0.800 bits per heavy atom. The lowest BCUT2D eigenvalue weighted by Gasteiger charge is -2.43. The van der Waals surface area contributed by atoms with Gasteiger partial charge < -0.3 is 0 Å². The molecule has 3 aromatic rings. The molecule has 4 rings (SSSR count). The molecule has 10 heteroatoms. The molecule has 0 amide bonds. The van der Waals surface area contributed by atoms with Gasteiger partial charge in [0.25, 0.3) is 20.0 Å². The van der Waals surface area contributed by atoms with Crippen molar-refractivity contribution in [1.29, 1.82) is 0 Å². The van der Waals surface area contributed by atoms with Gasteiger partial charge in [-0.05, 0) is 89.0 Å². The Balaban J connectivity index is 1.98. The van der Waals surface area contributed by atoms with Gasteiger partial charge in [0.15, 0.2) is 0 Å². The Kier molecular flexibility index (Phi) is 6.95. The van der Waals surface area contributed by atoms with Crippen LogP contribution in [0.2, 0.25) is 0 Å². The molecular formula is C25H24Br2N2O4S2. The smallest absolute Gasteiger partial charge is 0.262 e. The van der Waals surface area contributed by atoms with Crippen LogP contribution in [0.5, 0.6) is 0 Å². The van der Waals surface area contributed by atoms with E-state index in [9.17, 15) is 16.8 Å².